The Morgan fingerprint density at radius 3 is 2.25 bits per heavy atom. The number of hydrogen-bond acceptors (Lipinski definition) is 8. The lowest BCUT2D eigenvalue weighted by Gasteiger charge is -2.43. The van der Waals surface area contributed by atoms with Gasteiger partial charge in [0.05, 0.1) is 23.2 Å². The summed E-state index contributed by atoms with van der Waals surface area (Å²) in [5.41, 5.74) is 0. The number of rotatable bonds is 5. The van der Waals surface area contributed by atoms with Crippen LogP contribution in [-0.4, -0.2) is 97.5 Å². The van der Waals surface area contributed by atoms with Crippen LogP contribution in [-0.2, 0) is 14.2 Å². The first kappa shape index (κ1) is 20.9. The molecule has 8 nitrogen and oxygen atoms in total. The maximum absolute atomic E-state index is 10.3. The SMILES string of the molecule is CC(Cl)C1OC(CCl)(OC2OC(CO)C(Cl)C(O)C2O)C(O)C1O. The van der Waals surface area contributed by atoms with Crippen LogP contribution in [0.2, 0.25) is 0 Å². The molecule has 0 aromatic rings. The maximum atomic E-state index is 10.3. The van der Waals surface area contributed by atoms with Gasteiger partial charge in [0.1, 0.15) is 36.6 Å². The fourth-order valence-corrected chi connectivity index (χ4v) is 3.52. The van der Waals surface area contributed by atoms with Crippen molar-refractivity contribution >= 4 is 34.8 Å². The topological polar surface area (TPSA) is 129 Å². The van der Waals surface area contributed by atoms with Crippen LogP contribution in [0, 0.1) is 0 Å². The summed E-state index contributed by atoms with van der Waals surface area (Å²) >= 11 is 17.7. The summed E-state index contributed by atoms with van der Waals surface area (Å²) in [6.45, 7) is 1.03. The fraction of sp³-hybridized carbons (Fsp3) is 1.00. The molecule has 2 saturated heterocycles. The number of aliphatic hydroxyl groups is 5. The van der Waals surface area contributed by atoms with Gasteiger partial charge in [-0.1, -0.05) is 0 Å². The molecule has 5 N–H and O–H groups in total. The van der Waals surface area contributed by atoms with Gasteiger partial charge in [0.25, 0.3) is 0 Å². The van der Waals surface area contributed by atoms with Gasteiger partial charge in [-0.05, 0) is 6.92 Å². The Morgan fingerprint density at radius 1 is 1.17 bits per heavy atom. The molecule has 0 amide bonds. The molecule has 0 aromatic heterocycles. The average Bonchev–Trinajstić information content (AvgIpc) is 2.81. The normalized spacial score (nSPS) is 50.9. The van der Waals surface area contributed by atoms with Crippen molar-refractivity contribution in [3.05, 3.63) is 0 Å². The summed E-state index contributed by atoms with van der Waals surface area (Å²) in [7, 11) is 0. The lowest BCUT2D eigenvalue weighted by atomic mass is 10.0. The van der Waals surface area contributed by atoms with E-state index in [0.29, 0.717) is 0 Å². The van der Waals surface area contributed by atoms with Crippen molar-refractivity contribution < 1.29 is 39.7 Å². The number of aliphatic hydroxyl groups excluding tert-OH is 5. The number of ether oxygens (including phenoxy) is 3. The highest BCUT2D eigenvalue weighted by atomic mass is 35.5. The molecule has 2 rings (SSSR count). The van der Waals surface area contributed by atoms with Crippen molar-refractivity contribution in [1.82, 2.24) is 0 Å². The molecule has 0 spiro atoms. The molecule has 2 aliphatic heterocycles. The standard InChI is InChI=1S/C13H21Cl3O8/c1-4(15)10-9(20)11(21)13(3-14,23-10)24-12-8(19)7(18)6(16)5(2-17)22-12/h4-12,17-21H,2-3H2,1H3. The summed E-state index contributed by atoms with van der Waals surface area (Å²) in [6.07, 6.45) is -9.49. The zero-order valence-corrected chi connectivity index (χ0v) is 15.0. The van der Waals surface area contributed by atoms with Gasteiger partial charge in [-0.2, -0.15) is 0 Å². The summed E-state index contributed by atoms with van der Waals surface area (Å²) in [6, 6.07) is 0. The van der Waals surface area contributed by atoms with Crippen LogP contribution >= 0.6 is 34.8 Å². The van der Waals surface area contributed by atoms with Crippen molar-refractivity contribution in [1.29, 1.82) is 0 Å². The second-order valence-corrected chi connectivity index (χ2v) is 7.37. The Morgan fingerprint density at radius 2 is 1.79 bits per heavy atom. The minimum atomic E-state index is -1.92. The smallest absolute Gasteiger partial charge is 0.214 e. The van der Waals surface area contributed by atoms with Crippen molar-refractivity contribution in [3.63, 3.8) is 0 Å². The monoisotopic (exact) mass is 410 g/mol. The minimum Gasteiger partial charge on any atom is -0.394 e. The molecule has 10 atom stereocenters. The van der Waals surface area contributed by atoms with Gasteiger partial charge in [-0.15, -0.1) is 34.8 Å². The van der Waals surface area contributed by atoms with E-state index < -0.39 is 71.9 Å². The third-order valence-electron chi connectivity index (χ3n) is 4.20. The predicted molar refractivity (Wildman–Crippen MR) is 84.1 cm³/mol. The highest BCUT2D eigenvalue weighted by Crippen LogP contribution is 2.39. The molecule has 24 heavy (non-hydrogen) atoms. The van der Waals surface area contributed by atoms with E-state index in [1.807, 2.05) is 0 Å². The first-order valence-corrected chi connectivity index (χ1v) is 8.77. The van der Waals surface area contributed by atoms with Crippen LogP contribution < -0.4 is 0 Å². The first-order chi connectivity index (χ1) is 11.2. The Kier molecular flexibility index (Phi) is 7.00. The molecule has 0 aromatic carbocycles. The maximum Gasteiger partial charge on any atom is 0.214 e. The average molecular weight is 412 g/mol. The summed E-state index contributed by atoms with van der Waals surface area (Å²) in [5.74, 6) is -2.33. The van der Waals surface area contributed by atoms with E-state index in [0.717, 1.165) is 0 Å². The van der Waals surface area contributed by atoms with Crippen LogP contribution in [0.4, 0.5) is 0 Å². The predicted octanol–water partition coefficient (Wildman–Crippen LogP) is -1.27. The summed E-state index contributed by atoms with van der Waals surface area (Å²) in [4.78, 5) is 0. The van der Waals surface area contributed by atoms with Gasteiger partial charge in [-0.3, -0.25) is 0 Å². The number of alkyl halides is 3. The molecule has 2 aliphatic rings. The zero-order valence-electron chi connectivity index (χ0n) is 12.7. The molecule has 10 unspecified atom stereocenters. The minimum absolute atomic E-state index is 0.415. The van der Waals surface area contributed by atoms with Crippen LogP contribution in [0.15, 0.2) is 0 Å². The number of halogens is 3. The Balaban J connectivity index is 2.20. The fourth-order valence-electron chi connectivity index (χ4n) is 2.75. The second-order valence-electron chi connectivity index (χ2n) is 5.91. The van der Waals surface area contributed by atoms with Crippen molar-refractivity contribution in [2.75, 3.05) is 12.5 Å². The van der Waals surface area contributed by atoms with Crippen LogP contribution in [0.25, 0.3) is 0 Å². The Labute approximate surface area is 153 Å². The van der Waals surface area contributed by atoms with E-state index in [9.17, 15) is 25.5 Å². The molecule has 0 radical (unpaired) electrons. The van der Waals surface area contributed by atoms with Gasteiger partial charge in [0, 0.05) is 0 Å². The van der Waals surface area contributed by atoms with Gasteiger partial charge in [-0.25, -0.2) is 0 Å². The second kappa shape index (κ2) is 8.06. The van der Waals surface area contributed by atoms with E-state index in [1.54, 1.807) is 6.92 Å². The van der Waals surface area contributed by atoms with E-state index in [-0.39, 0.29) is 0 Å². The molecule has 2 fully saturated rings. The molecular weight excluding hydrogens is 390 g/mol. The largest absolute Gasteiger partial charge is 0.394 e. The Hall–Kier alpha value is 0.550. The van der Waals surface area contributed by atoms with Crippen molar-refractivity contribution in [3.8, 4) is 0 Å². The van der Waals surface area contributed by atoms with Crippen LogP contribution in [0.5, 0.6) is 0 Å². The highest BCUT2D eigenvalue weighted by Gasteiger charge is 2.59. The van der Waals surface area contributed by atoms with E-state index in [4.69, 9.17) is 49.0 Å². The lowest BCUT2D eigenvalue weighted by molar-refractivity contribution is -0.358. The van der Waals surface area contributed by atoms with E-state index >= 15 is 0 Å². The van der Waals surface area contributed by atoms with Gasteiger partial charge < -0.3 is 39.7 Å². The molecule has 0 saturated carbocycles. The van der Waals surface area contributed by atoms with Crippen molar-refractivity contribution in [2.24, 2.45) is 0 Å². The van der Waals surface area contributed by atoms with Crippen molar-refractivity contribution in [2.45, 2.75) is 66.4 Å². The van der Waals surface area contributed by atoms with Gasteiger partial charge in [0.2, 0.25) is 5.79 Å². The highest BCUT2D eigenvalue weighted by molar-refractivity contribution is 6.21. The molecule has 11 heteroatoms. The molecule has 142 valence electrons. The summed E-state index contributed by atoms with van der Waals surface area (Å²) in [5, 5.41) is 47.9. The molecule has 0 aliphatic carbocycles. The molecular formula is C13H21Cl3O8. The summed E-state index contributed by atoms with van der Waals surface area (Å²) < 4.78 is 16.3. The van der Waals surface area contributed by atoms with E-state index in [2.05, 4.69) is 0 Å². The first-order valence-electron chi connectivity index (χ1n) is 7.36. The third-order valence-corrected chi connectivity index (χ3v) is 5.36. The van der Waals surface area contributed by atoms with Gasteiger partial charge in [0.15, 0.2) is 6.29 Å². The third kappa shape index (κ3) is 3.65. The Bertz CT molecular complexity index is 428. The number of hydrogen-bond donors (Lipinski definition) is 5. The van der Waals surface area contributed by atoms with Gasteiger partial charge >= 0.3 is 0 Å². The molecule has 2 heterocycles. The lowest BCUT2D eigenvalue weighted by Crippen LogP contribution is -2.61. The quantitative estimate of drug-likeness (QED) is 0.354. The molecule has 0 bridgehead atoms. The van der Waals surface area contributed by atoms with Crippen LogP contribution in [0.1, 0.15) is 6.92 Å². The van der Waals surface area contributed by atoms with E-state index in [1.165, 1.54) is 0 Å². The van der Waals surface area contributed by atoms with Crippen LogP contribution in [0.3, 0.4) is 0 Å². The zero-order chi connectivity index (χ0) is 18.2.